The van der Waals surface area contributed by atoms with Gasteiger partial charge < -0.3 is 15.2 Å². The Morgan fingerprint density at radius 2 is 1.71 bits per heavy atom. The summed E-state index contributed by atoms with van der Waals surface area (Å²) in [5.41, 5.74) is 2.46. The number of rotatable bonds is 5. The van der Waals surface area contributed by atoms with Crippen LogP contribution in [0.2, 0.25) is 0 Å². The Morgan fingerprint density at radius 3 is 2.32 bits per heavy atom. The quantitative estimate of drug-likeness (QED) is 0.554. The van der Waals surface area contributed by atoms with Gasteiger partial charge in [0.2, 0.25) is 0 Å². The zero-order chi connectivity index (χ0) is 22.9. The van der Waals surface area contributed by atoms with Crippen LogP contribution in [0.1, 0.15) is 70.3 Å². The van der Waals surface area contributed by atoms with Crippen molar-refractivity contribution in [2.45, 2.75) is 59.4 Å². The van der Waals surface area contributed by atoms with Crippen molar-refractivity contribution in [3.8, 4) is 0 Å². The summed E-state index contributed by atoms with van der Waals surface area (Å²) >= 11 is 0. The van der Waals surface area contributed by atoms with E-state index in [1.807, 2.05) is 0 Å². The molecule has 1 aromatic heterocycles. The van der Waals surface area contributed by atoms with Gasteiger partial charge in [-0.15, -0.1) is 0 Å². The first-order chi connectivity index (χ1) is 14.6. The number of ketones is 1. The second-order valence-corrected chi connectivity index (χ2v) is 8.67. The second kappa shape index (κ2) is 9.04. The molecule has 0 bridgehead atoms. The van der Waals surface area contributed by atoms with E-state index in [-0.39, 0.29) is 17.6 Å². The van der Waals surface area contributed by atoms with Gasteiger partial charge in [0.05, 0.1) is 11.3 Å². The van der Waals surface area contributed by atoms with Gasteiger partial charge in [-0.25, -0.2) is 4.39 Å². The van der Waals surface area contributed by atoms with E-state index in [0.717, 1.165) is 25.7 Å². The molecule has 1 heterocycles. The number of aryl methyl sites for hydroxylation is 1. The van der Waals surface area contributed by atoms with Crippen LogP contribution in [0.4, 0.5) is 10.1 Å². The standard InChI is InChI=1S/C24H30FN3O3/c1-13-6-8-17(9-7-13)26-24(31)22(29)21-15(3)20(16(4)28(21)5)23(30)27-18-10-11-19(25)14(2)12-18/h10-13,17H,6-9H2,1-5H3,(H,26,31)(H,27,30)/t13-,17+. The summed E-state index contributed by atoms with van der Waals surface area (Å²) in [6, 6.07) is 4.34. The lowest BCUT2D eigenvalue weighted by Crippen LogP contribution is -2.41. The summed E-state index contributed by atoms with van der Waals surface area (Å²) in [5, 5.41) is 5.62. The number of halogens is 1. The van der Waals surface area contributed by atoms with Crippen LogP contribution in [-0.2, 0) is 11.8 Å². The molecule has 7 heteroatoms. The average molecular weight is 428 g/mol. The molecule has 0 aliphatic heterocycles. The zero-order valence-corrected chi connectivity index (χ0v) is 18.8. The van der Waals surface area contributed by atoms with E-state index in [4.69, 9.17) is 0 Å². The maximum Gasteiger partial charge on any atom is 0.294 e. The molecule has 1 aliphatic carbocycles. The number of nitrogens with one attached hydrogen (secondary N) is 2. The van der Waals surface area contributed by atoms with Crippen LogP contribution in [0.25, 0.3) is 0 Å². The van der Waals surface area contributed by atoms with Crippen molar-refractivity contribution in [3.05, 3.63) is 52.1 Å². The maximum absolute atomic E-state index is 13.5. The molecule has 1 aliphatic rings. The smallest absolute Gasteiger partial charge is 0.294 e. The van der Waals surface area contributed by atoms with Gasteiger partial charge in [0.15, 0.2) is 0 Å². The van der Waals surface area contributed by atoms with Crippen LogP contribution >= 0.6 is 0 Å². The van der Waals surface area contributed by atoms with Crippen molar-refractivity contribution in [1.82, 2.24) is 9.88 Å². The first-order valence-electron chi connectivity index (χ1n) is 10.7. The lowest BCUT2D eigenvalue weighted by molar-refractivity contribution is -0.118. The molecule has 2 amide bonds. The van der Waals surface area contributed by atoms with Gasteiger partial charge in [-0.1, -0.05) is 6.92 Å². The molecule has 1 fully saturated rings. The fourth-order valence-electron chi connectivity index (χ4n) is 4.31. The first kappa shape index (κ1) is 22.7. The molecule has 3 rings (SSSR count). The molecule has 0 atom stereocenters. The van der Waals surface area contributed by atoms with Crippen LogP contribution < -0.4 is 10.6 Å². The van der Waals surface area contributed by atoms with Crippen molar-refractivity contribution in [2.75, 3.05) is 5.32 Å². The highest BCUT2D eigenvalue weighted by molar-refractivity contribution is 6.43. The minimum atomic E-state index is -0.640. The Balaban J connectivity index is 1.80. The Labute approximate surface area is 182 Å². The average Bonchev–Trinajstić information content (AvgIpc) is 2.94. The van der Waals surface area contributed by atoms with Gasteiger partial charge >= 0.3 is 0 Å². The number of Topliss-reactive ketones (excluding diaryl/α,β-unsaturated/α-hetero) is 1. The SMILES string of the molecule is Cc1cc(NC(=O)c2c(C)c(C(=O)C(=O)N[C@H]3CC[C@@H](C)CC3)n(C)c2C)ccc1F. The number of benzene rings is 1. The third kappa shape index (κ3) is 4.70. The highest BCUT2D eigenvalue weighted by Gasteiger charge is 2.30. The molecule has 0 saturated heterocycles. The predicted octanol–water partition coefficient (Wildman–Crippen LogP) is 4.22. The minimum absolute atomic E-state index is 0.0128. The number of hydrogen-bond donors (Lipinski definition) is 2. The summed E-state index contributed by atoms with van der Waals surface area (Å²) in [4.78, 5) is 38.5. The number of nitrogens with zero attached hydrogens (tertiary/aromatic N) is 1. The first-order valence-corrected chi connectivity index (χ1v) is 10.7. The minimum Gasteiger partial charge on any atom is -0.346 e. The highest BCUT2D eigenvalue weighted by Crippen LogP contribution is 2.25. The van der Waals surface area contributed by atoms with Gasteiger partial charge in [0.1, 0.15) is 5.82 Å². The van der Waals surface area contributed by atoms with Crippen LogP contribution in [0, 0.1) is 32.5 Å². The molecule has 1 saturated carbocycles. The molecule has 6 nitrogen and oxygen atoms in total. The van der Waals surface area contributed by atoms with Crippen LogP contribution in [-0.4, -0.2) is 28.2 Å². The Kier molecular flexibility index (Phi) is 6.62. The Bertz CT molecular complexity index is 1030. The fourth-order valence-corrected chi connectivity index (χ4v) is 4.31. The number of hydrogen-bond acceptors (Lipinski definition) is 3. The zero-order valence-electron chi connectivity index (χ0n) is 18.8. The topological polar surface area (TPSA) is 80.2 Å². The number of anilines is 1. The van der Waals surface area contributed by atoms with Crippen molar-refractivity contribution in [3.63, 3.8) is 0 Å². The summed E-state index contributed by atoms with van der Waals surface area (Å²) in [5.74, 6) is -1.39. The molecule has 2 aromatic rings. The van der Waals surface area contributed by atoms with E-state index in [1.54, 1.807) is 38.5 Å². The molecule has 0 spiro atoms. The van der Waals surface area contributed by atoms with E-state index in [0.29, 0.717) is 34.0 Å². The van der Waals surface area contributed by atoms with Gasteiger partial charge in [0.25, 0.3) is 17.6 Å². The van der Waals surface area contributed by atoms with Crippen LogP contribution in [0.5, 0.6) is 0 Å². The van der Waals surface area contributed by atoms with E-state index >= 15 is 0 Å². The summed E-state index contributed by atoms with van der Waals surface area (Å²) in [6.45, 7) is 7.21. The Morgan fingerprint density at radius 1 is 1.06 bits per heavy atom. The van der Waals surface area contributed by atoms with Gasteiger partial charge in [-0.3, -0.25) is 14.4 Å². The molecule has 0 unspecified atom stereocenters. The van der Waals surface area contributed by atoms with E-state index in [1.165, 1.54) is 12.1 Å². The normalized spacial score (nSPS) is 18.5. The van der Waals surface area contributed by atoms with Crippen LogP contribution in [0.3, 0.4) is 0 Å². The Hall–Kier alpha value is -2.96. The van der Waals surface area contributed by atoms with Gasteiger partial charge in [-0.2, -0.15) is 0 Å². The van der Waals surface area contributed by atoms with Crippen molar-refractivity contribution in [2.24, 2.45) is 13.0 Å². The monoisotopic (exact) mass is 427 g/mol. The van der Waals surface area contributed by atoms with Gasteiger partial charge in [0, 0.05) is 24.5 Å². The fraction of sp³-hybridized carbons (Fsp3) is 0.458. The second-order valence-electron chi connectivity index (χ2n) is 8.67. The lowest BCUT2D eigenvalue weighted by Gasteiger charge is -2.26. The van der Waals surface area contributed by atoms with Crippen molar-refractivity contribution >= 4 is 23.3 Å². The van der Waals surface area contributed by atoms with Gasteiger partial charge in [-0.05, 0) is 81.7 Å². The third-order valence-corrected chi connectivity index (χ3v) is 6.35. The molecule has 0 radical (unpaired) electrons. The highest BCUT2D eigenvalue weighted by atomic mass is 19.1. The predicted molar refractivity (Wildman–Crippen MR) is 118 cm³/mol. The number of carbonyl (C=O) groups is 3. The van der Waals surface area contributed by atoms with Crippen molar-refractivity contribution < 1.29 is 18.8 Å². The van der Waals surface area contributed by atoms with Crippen LogP contribution in [0.15, 0.2) is 18.2 Å². The lowest BCUT2D eigenvalue weighted by atomic mass is 9.87. The number of aromatic nitrogens is 1. The summed E-state index contributed by atoms with van der Waals surface area (Å²) in [7, 11) is 1.67. The van der Waals surface area contributed by atoms with Crippen molar-refractivity contribution in [1.29, 1.82) is 0 Å². The van der Waals surface area contributed by atoms with E-state index in [9.17, 15) is 18.8 Å². The summed E-state index contributed by atoms with van der Waals surface area (Å²) in [6.07, 6.45) is 3.81. The molecule has 31 heavy (non-hydrogen) atoms. The summed E-state index contributed by atoms with van der Waals surface area (Å²) < 4.78 is 15.1. The largest absolute Gasteiger partial charge is 0.346 e. The molecular weight excluding hydrogens is 397 g/mol. The van der Waals surface area contributed by atoms with E-state index in [2.05, 4.69) is 17.6 Å². The number of amides is 2. The molecular formula is C24H30FN3O3. The van der Waals surface area contributed by atoms with E-state index < -0.39 is 17.6 Å². The molecule has 2 N–H and O–H groups in total. The number of carbonyl (C=O) groups excluding carboxylic acids is 3. The molecule has 166 valence electrons. The maximum atomic E-state index is 13.5. The molecule has 1 aromatic carbocycles. The third-order valence-electron chi connectivity index (χ3n) is 6.35.